The monoisotopic (exact) mass is 380 g/mol. The molecule has 1 aromatic rings. The quantitative estimate of drug-likeness (QED) is 0.267. The van der Waals surface area contributed by atoms with Crippen LogP contribution < -0.4 is 22.1 Å². The molecule has 10 heteroatoms. The van der Waals surface area contributed by atoms with E-state index in [0.29, 0.717) is 5.56 Å². The number of aliphatic carboxylic acids is 1. The lowest BCUT2D eigenvalue weighted by molar-refractivity contribution is -0.142. The first-order chi connectivity index (χ1) is 12.6. The van der Waals surface area contributed by atoms with Crippen LogP contribution in [-0.4, -0.2) is 58.1 Å². The Labute approximate surface area is 155 Å². The molecule has 148 valence electrons. The molecule has 0 aliphatic carbocycles. The smallest absolute Gasteiger partial charge is 0.326 e. The lowest BCUT2D eigenvalue weighted by atomic mass is 10.0. The molecule has 0 aromatic heterocycles. The van der Waals surface area contributed by atoms with Crippen LogP contribution in [0.3, 0.4) is 0 Å². The summed E-state index contributed by atoms with van der Waals surface area (Å²) in [6.45, 7) is 1.29. The Morgan fingerprint density at radius 3 is 2.07 bits per heavy atom. The number of nitrogens with one attached hydrogen (secondary N) is 2. The van der Waals surface area contributed by atoms with Gasteiger partial charge in [-0.2, -0.15) is 0 Å². The van der Waals surface area contributed by atoms with Gasteiger partial charge in [0, 0.05) is 6.42 Å². The number of aliphatic hydroxyl groups is 1. The van der Waals surface area contributed by atoms with Gasteiger partial charge in [0.25, 0.3) is 0 Å². The van der Waals surface area contributed by atoms with E-state index in [0.717, 1.165) is 0 Å². The third kappa shape index (κ3) is 7.42. The number of carboxylic acid groups (broad SMARTS) is 1. The minimum Gasteiger partial charge on any atom is -0.480 e. The fourth-order valence-corrected chi connectivity index (χ4v) is 2.22. The number of carbonyl (C=O) groups is 4. The molecule has 1 rings (SSSR count). The summed E-state index contributed by atoms with van der Waals surface area (Å²) in [4.78, 5) is 47.0. The Hall–Kier alpha value is -2.98. The maximum Gasteiger partial charge on any atom is 0.326 e. The Morgan fingerprint density at radius 2 is 1.59 bits per heavy atom. The molecule has 3 amide bonds. The number of nitrogens with two attached hydrogens (primary N) is 2. The molecule has 10 nitrogen and oxygen atoms in total. The lowest BCUT2D eigenvalue weighted by Gasteiger charge is -2.23. The number of hydrogen-bond donors (Lipinski definition) is 6. The van der Waals surface area contributed by atoms with E-state index in [-0.39, 0.29) is 6.42 Å². The highest BCUT2D eigenvalue weighted by Crippen LogP contribution is 2.05. The molecular weight excluding hydrogens is 356 g/mol. The largest absolute Gasteiger partial charge is 0.480 e. The number of primary amides is 1. The van der Waals surface area contributed by atoms with Crippen molar-refractivity contribution in [2.24, 2.45) is 11.5 Å². The number of carboxylic acids is 1. The number of hydrogen-bond acceptors (Lipinski definition) is 6. The maximum absolute atomic E-state index is 12.4. The van der Waals surface area contributed by atoms with Crippen LogP contribution >= 0.6 is 0 Å². The molecule has 4 atom stereocenters. The number of aliphatic hydroxyl groups excluding tert-OH is 1. The minimum absolute atomic E-state index is 0.00629. The summed E-state index contributed by atoms with van der Waals surface area (Å²) in [6, 6.07) is 4.59. The first-order valence-corrected chi connectivity index (χ1v) is 8.21. The van der Waals surface area contributed by atoms with Crippen LogP contribution in [-0.2, 0) is 25.6 Å². The van der Waals surface area contributed by atoms with Gasteiger partial charge < -0.3 is 32.3 Å². The fraction of sp³-hybridized carbons (Fsp3) is 0.412. The Morgan fingerprint density at radius 1 is 1.04 bits per heavy atom. The van der Waals surface area contributed by atoms with Crippen molar-refractivity contribution in [1.29, 1.82) is 0 Å². The SMILES string of the molecule is CC(O)C(N)C(=O)NC(CC(N)=O)C(=O)NC(Cc1ccccc1)C(=O)O. The molecule has 0 saturated heterocycles. The van der Waals surface area contributed by atoms with Gasteiger partial charge in [-0.3, -0.25) is 14.4 Å². The van der Waals surface area contributed by atoms with E-state index in [9.17, 15) is 29.4 Å². The van der Waals surface area contributed by atoms with Crippen LogP contribution in [0.25, 0.3) is 0 Å². The number of rotatable bonds is 10. The summed E-state index contributed by atoms with van der Waals surface area (Å²) in [5.74, 6) is -3.93. The average Bonchev–Trinajstić information content (AvgIpc) is 2.59. The van der Waals surface area contributed by atoms with Crippen molar-refractivity contribution < 1.29 is 29.4 Å². The summed E-state index contributed by atoms with van der Waals surface area (Å²) in [5, 5.41) is 23.2. The van der Waals surface area contributed by atoms with E-state index in [1.165, 1.54) is 6.92 Å². The van der Waals surface area contributed by atoms with Gasteiger partial charge in [-0.15, -0.1) is 0 Å². The highest BCUT2D eigenvalue weighted by molar-refractivity contribution is 5.94. The van der Waals surface area contributed by atoms with E-state index in [2.05, 4.69) is 10.6 Å². The van der Waals surface area contributed by atoms with Crippen LogP contribution in [0.2, 0.25) is 0 Å². The van der Waals surface area contributed by atoms with Crippen molar-refractivity contribution >= 4 is 23.7 Å². The zero-order valence-electron chi connectivity index (χ0n) is 14.8. The predicted octanol–water partition coefficient (Wildman–Crippen LogP) is -2.13. The molecule has 0 heterocycles. The number of benzene rings is 1. The van der Waals surface area contributed by atoms with Crippen molar-refractivity contribution in [2.45, 2.75) is 44.0 Å². The van der Waals surface area contributed by atoms with Crippen molar-refractivity contribution in [3.8, 4) is 0 Å². The van der Waals surface area contributed by atoms with Gasteiger partial charge >= 0.3 is 5.97 Å². The van der Waals surface area contributed by atoms with E-state index in [4.69, 9.17) is 11.5 Å². The highest BCUT2D eigenvalue weighted by Gasteiger charge is 2.30. The molecule has 8 N–H and O–H groups in total. The van der Waals surface area contributed by atoms with Crippen LogP contribution in [0, 0.1) is 0 Å². The average molecular weight is 380 g/mol. The van der Waals surface area contributed by atoms with Gasteiger partial charge in [0.05, 0.1) is 12.5 Å². The number of carbonyl (C=O) groups excluding carboxylic acids is 3. The molecule has 0 saturated carbocycles. The summed E-state index contributed by atoms with van der Waals surface area (Å²) in [6.07, 6.45) is -1.74. The molecule has 0 fully saturated rings. The first-order valence-electron chi connectivity index (χ1n) is 8.21. The van der Waals surface area contributed by atoms with Crippen molar-refractivity contribution in [3.63, 3.8) is 0 Å². The summed E-state index contributed by atoms with van der Waals surface area (Å²) < 4.78 is 0. The minimum atomic E-state index is -1.42. The molecule has 0 radical (unpaired) electrons. The van der Waals surface area contributed by atoms with Crippen LogP contribution in [0.15, 0.2) is 30.3 Å². The molecule has 0 spiro atoms. The molecule has 0 aliphatic heterocycles. The van der Waals surface area contributed by atoms with Crippen molar-refractivity contribution in [2.75, 3.05) is 0 Å². The number of amides is 3. The fourth-order valence-electron chi connectivity index (χ4n) is 2.22. The zero-order chi connectivity index (χ0) is 20.6. The second-order valence-electron chi connectivity index (χ2n) is 6.09. The van der Waals surface area contributed by atoms with Gasteiger partial charge in [-0.1, -0.05) is 30.3 Å². The van der Waals surface area contributed by atoms with Gasteiger partial charge in [0.15, 0.2) is 0 Å². The van der Waals surface area contributed by atoms with Gasteiger partial charge in [0.2, 0.25) is 17.7 Å². The van der Waals surface area contributed by atoms with Gasteiger partial charge in [-0.05, 0) is 12.5 Å². The first kappa shape index (κ1) is 22.1. The van der Waals surface area contributed by atoms with E-state index in [1.54, 1.807) is 30.3 Å². The summed E-state index contributed by atoms with van der Waals surface area (Å²) in [7, 11) is 0. The molecule has 0 bridgehead atoms. The van der Waals surface area contributed by atoms with Gasteiger partial charge in [-0.25, -0.2) is 4.79 Å². The standard InChI is InChI=1S/C17H24N4O6/c1-9(22)14(19)16(25)20-11(8-13(18)23)15(24)21-12(17(26)27)7-10-5-3-2-4-6-10/h2-6,9,11-12,14,22H,7-8,19H2,1H3,(H2,18,23)(H,20,25)(H,21,24)(H,26,27). The third-order valence-electron chi connectivity index (χ3n) is 3.76. The summed E-state index contributed by atoms with van der Waals surface area (Å²) >= 11 is 0. The summed E-state index contributed by atoms with van der Waals surface area (Å²) in [5.41, 5.74) is 11.3. The van der Waals surface area contributed by atoms with Crippen LogP contribution in [0.5, 0.6) is 0 Å². The second-order valence-corrected chi connectivity index (χ2v) is 6.09. The molecule has 4 unspecified atom stereocenters. The Kier molecular flexibility index (Phi) is 8.36. The topological polar surface area (TPSA) is 185 Å². The van der Waals surface area contributed by atoms with Crippen molar-refractivity contribution in [1.82, 2.24) is 10.6 Å². The molecule has 0 aliphatic rings. The van der Waals surface area contributed by atoms with E-state index >= 15 is 0 Å². The second kappa shape index (κ2) is 10.2. The Bertz CT molecular complexity index is 679. The van der Waals surface area contributed by atoms with Gasteiger partial charge in [0.1, 0.15) is 18.1 Å². The van der Waals surface area contributed by atoms with Crippen LogP contribution in [0.4, 0.5) is 0 Å². The van der Waals surface area contributed by atoms with E-state index in [1.807, 2.05) is 0 Å². The third-order valence-corrected chi connectivity index (χ3v) is 3.76. The zero-order valence-corrected chi connectivity index (χ0v) is 14.8. The van der Waals surface area contributed by atoms with Crippen LogP contribution in [0.1, 0.15) is 18.9 Å². The van der Waals surface area contributed by atoms with E-state index < -0.39 is 54.3 Å². The highest BCUT2D eigenvalue weighted by atomic mass is 16.4. The normalized spacial score (nSPS) is 15.1. The van der Waals surface area contributed by atoms with Crippen molar-refractivity contribution in [3.05, 3.63) is 35.9 Å². The molecule has 1 aromatic carbocycles. The predicted molar refractivity (Wildman–Crippen MR) is 95.1 cm³/mol. The Balaban J connectivity index is 2.87. The maximum atomic E-state index is 12.4. The molecular formula is C17H24N4O6. The molecule has 27 heavy (non-hydrogen) atoms. The lowest BCUT2D eigenvalue weighted by Crippen LogP contribution is -2.57.